The number of carbonyl (C=O) groups is 1. The molecule has 1 fully saturated rings. The van der Waals surface area contributed by atoms with Crippen LogP contribution in [-0.2, 0) is 16.0 Å². The van der Waals surface area contributed by atoms with Gasteiger partial charge in [-0.05, 0) is 26.8 Å². The number of rotatable bonds is 6. The first-order valence-electron chi connectivity index (χ1n) is 7.62. The first-order chi connectivity index (χ1) is 10.1. The molecule has 1 aromatic rings. The largest absolute Gasteiger partial charge is 0.375 e. The van der Waals surface area contributed by atoms with E-state index in [1.807, 2.05) is 13.8 Å². The molecule has 0 aromatic carbocycles. The van der Waals surface area contributed by atoms with E-state index in [1.54, 1.807) is 11.3 Å². The Hall–Kier alpha value is -0.980. The summed E-state index contributed by atoms with van der Waals surface area (Å²) in [6, 6.07) is 0. The molecule has 0 bridgehead atoms. The smallest absolute Gasteiger partial charge is 0.226 e. The third-order valence-corrected chi connectivity index (χ3v) is 4.71. The highest BCUT2D eigenvalue weighted by molar-refractivity contribution is 7.11. The Kier molecular flexibility index (Phi) is 6.14. The third-order valence-electron chi connectivity index (χ3n) is 3.79. The van der Waals surface area contributed by atoms with Crippen LogP contribution in [0.2, 0.25) is 0 Å². The molecule has 21 heavy (non-hydrogen) atoms. The van der Waals surface area contributed by atoms with Crippen molar-refractivity contribution in [1.82, 2.24) is 15.2 Å². The number of aryl methyl sites for hydroxylation is 2. The summed E-state index contributed by atoms with van der Waals surface area (Å²) in [4.78, 5) is 19.9. The van der Waals surface area contributed by atoms with Crippen LogP contribution in [-0.4, -0.2) is 54.7 Å². The van der Waals surface area contributed by atoms with Crippen molar-refractivity contribution in [2.45, 2.75) is 39.7 Å². The molecule has 2 heterocycles. The zero-order chi connectivity index (χ0) is 15.2. The molecule has 1 aliphatic rings. The summed E-state index contributed by atoms with van der Waals surface area (Å²) in [5, 5.41) is 3.99. The van der Waals surface area contributed by atoms with Gasteiger partial charge < -0.3 is 10.1 Å². The van der Waals surface area contributed by atoms with Crippen molar-refractivity contribution in [3.05, 3.63) is 15.6 Å². The molecule has 1 aromatic heterocycles. The second-order valence-electron chi connectivity index (χ2n) is 5.44. The summed E-state index contributed by atoms with van der Waals surface area (Å²) >= 11 is 1.64. The number of carbonyl (C=O) groups excluding carboxylic acids is 1. The molecule has 1 aliphatic heterocycles. The maximum absolute atomic E-state index is 11.9. The summed E-state index contributed by atoms with van der Waals surface area (Å²) in [5.74, 6) is 0.0477. The molecular weight excluding hydrogens is 286 g/mol. The lowest BCUT2D eigenvalue weighted by Gasteiger charge is -2.32. The Morgan fingerprint density at radius 1 is 1.52 bits per heavy atom. The topological polar surface area (TPSA) is 54.5 Å². The second kappa shape index (κ2) is 7.87. The molecule has 5 nitrogen and oxygen atoms in total. The van der Waals surface area contributed by atoms with Crippen LogP contribution < -0.4 is 5.32 Å². The maximum atomic E-state index is 11.9. The van der Waals surface area contributed by atoms with E-state index in [-0.39, 0.29) is 12.0 Å². The predicted octanol–water partition coefficient (Wildman–Crippen LogP) is 1.53. The number of nitrogens with zero attached hydrogens (tertiary/aromatic N) is 2. The van der Waals surface area contributed by atoms with Gasteiger partial charge >= 0.3 is 0 Å². The minimum atomic E-state index is 0.0477. The zero-order valence-corrected chi connectivity index (χ0v) is 14.0. The summed E-state index contributed by atoms with van der Waals surface area (Å²) < 4.78 is 5.73. The van der Waals surface area contributed by atoms with E-state index in [9.17, 15) is 4.79 Å². The molecule has 1 amide bonds. The third kappa shape index (κ3) is 5.05. The van der Waals surface area contributed by atoms with Gasteiger partial charge in [0.15, 0.2) is 0 Å². The number of aromatic nitrogens is 1. The molecule has 6 heteroatoms. The number of hydrogen-bond donors (Lipinski definition) is 1. The molecule has 118 valence electrons. The lowest BCUT2D eigenvalue weighted by molar-refractivity contribution is -0.120. The van der Waals surface area contributed by atoms with Gasteiger partial charge in [0.25, 0.3) is 0 Å². The van der Waals surface area contributed by atoms with Crippen molar-refractivity contribution < 1.29 is 9.53 Å². The van der Waals surface area contributed by atoms with Gasteiger partial charge in [-0.25, -0.2) is 4.98 Å². The average molecular weight is 311 g/mol. The van der Waals surface area contributed by atoms with Gasteiger partial charge in [-0.2, -0.15) is 0 Å². The number of morpholine rings is 1. The normalized spacial score (nSPS) is 19.7. The van der Waals surface area contributed by atoms with Gasteiger partial charge in [-0.3, -0.25) is 9.69 Å². The molecule has 2 rings (SSSR count). The zero-order valence-electron chi connectivity index (χ0n) is 13.1. The Morgan fingerprint density at radius 2 is 2.33 bits per heavy atom. The minimum Gasteiger partial charge on any atom is -0.375 e. The number of hydrogen-bond acceptors (Lipinski definition) is 5. The Bertz CT molecular complexity index is 475. The molecule has 1 N–H and O–H groups in total. The van der Waals surface area contributed by atoms with Crippen LogP contribution in [0.25, 0.3) is 0 Å². The molecular formula is C15H25N3O2S. The van der Waals surface area contributed by atoms with Gasteiger partial charge in [-0.15, -0.1) is 11.3 Å². The molecule has 0 aliphatic carbocycles. The highest BCUT2D eigenvalue weighted by Gasteiger charge is 2.19. The molecule has 1 unspecified atom stereocenters. The van der Waals surface area contributed by atoms with Crippen molar-refractivity contribution in [1.29, 1.82) is 0 Å². The second-order valence-corrected chi connectivity index (χ2v) is 6.84. The van der Waals surface area contributed by atoms with Crippen LogP contribution in [0.3, 0.4) is 0 Å². The van der Waals surface area contributed by atoms with Crippen molar-refractivity contribution >= 4 is 17.2 Å². The summed E-state index contributed by atoms with van der Waals surface area (Å²) in [5.41, 5.74) is 0.904. The van der Waals surface area contributed by atoms with E-state index in [4.69, 9.17) is 4.74 Å². The lowest BCUT2D eigenvalue weighted by Crippen LogP contribution is -2.43. The van der Waals surface area contributed by atoms with Crippen molar-refractivity contribution in [3.63, 3.8) is 0 Å². The van der Waals surface area contributed by atoms with E-state index in [0.29, 0.717) is 13.0 Å². The van der Waals surface area contributed by atoms with E-state index >= 15 is 0 Å². The van der Waals surface area contributed by atoms with E-state index in [0.717, 1.165) is 48.2 Å². The molecule has 0 radical (unpaired) electrons. The summed E-state index contributed by atoms with van der Waals surface area (Å²) in [6.45, 7) is 10.7. The Balaban J connectivity index is 1.68. The Morgan fingerprint density at radius 3 is 3.00 bits per heavy atom. The SMILES string of the molecule is CCN1CCOC(CCNC(=O)Cc2nc(C)sc2C)C1. The van der Waals surface area contributed by atoms with Gasteiger partial charge in [-0.1, -0.05) is 6.92 Å². The van der Waals surface area contributed by atoms with Crippen LogP contribution in [0.15, 0.2) is 0 Å². The van der Waals surface area contributed by atoms with Crippen LogP contribution in [0.4, 0.5) is 0 Å². The molecule has 1 atom stereocenters. The van der Waals surface area contributed by atoms with Crippen molar-refractivity contribution in [2.75, 3.05) is 32.8 Å². The van der Waals surface area contributed by atoms with Gasteiger partial charge in [0.2, 0.25) is 5.91 Å². The number of ether oxygens (including phenoxy) is 1. The van der Waals surface area contributed by atoms with Gasteiger partial charge in [0.05, 0.1) is 29.8 Å². The van der Waals surface area contributed by atoms with Gasteiger partial charge in [0.1, 0.15) is 0 Å². The number of nitrogens with one attached hydrogen (secondary N) is 1. The molecule has 1 saturated heterocycles. The highest BCUT2D eigenvalue weighted by Crippen LogP contribution is 2.16. The first kappa shape index (κ1) is 16.4. The molecule has 0 saturated carbocycles. The maximum Gasteiger partial charge on any atom is 0.226 e. The predicted molar refractivity (Wildman–Crippen MR) is 84.8 cm³/mol. The highest BCUT2D eigenvalue weighted by atomic mass is 32.1. The average Bonchev–Trinajstić information content (AvgIpc) is 2.77. The van der Waals surface area contributed by atoms with E-state index in [1.165, 1.54) is 0 Å². The number of likely N-dealkylation sites (N-methyl/N-ethyl adjacent to an activating group) is 1. The van der Waals surface area contributed by atoms with E-state index < -0.39 is 0 Å². The standard InChI is InChI=1S/C15H25N3O2S/c1-4-18-7-8-20-13(10-18)5-6-16-15(19)9-14-11(2)21-12(3)17-14/h13H,4-10H2,1-3H3,(H,16,19). The fourth-order valence-electron chi connectivity index (χ4n) is 2.57. The molecule has 0 spiro atoms. The summed E-state index contributed by atoms with van der Waals surface area (Å²) in [7, 11) is 0. The van der Waals surface area contributed by atoms with E-state index in [2.05, 4.69) is 22.1 Å². The monoisotopic (exact) mass is 311 g/mol. The number of amides is 1. The fourth-order valence-corrected chi connectivity index (χ4v) is 3.40. The first-order valence-corrected chi connectivity index (χ1v) is 8.43. The lowest BCUT2D eigenvalue weighted by atomic mass is 10.2. The quantitative estimate of drug-likeness (QED) is 0.866. The summed E-state index contributed by atoms with van der Waals surface area (Å²) in [6.07, 6.45) is 1.49. The Labute approximate surface area is 130 Å². The van der Waals surface area contributed by atoms with Gasteiger partial charge in [0, 0.05) is 24.5 Å². The van der Waals surface area contributed by atoms with Crippen molar-refractivity contribution in [3.8, 4) is 0 Å². The van der Waals surface area contributed by atoms with Crippen LogP contribution in [0, 0.1) is 13.8 Å². The van der Waals surface area contributed by atoms with Crippen LogP contribution >= 0.6 is 11.3 Å². The number of thiazole rings is 1. The van der Waals surface area contributed by atoms with Crippen LogP contribution in [0.5, 0.6) is 0 Å². The minimum absolute atomic E-state index is 0.0477. The van der Waals surface area contributed by atoms with Crippen molar-refractivity contribution in [2.24, 2.45) is 0 Å². The fraction of sp³-hybridized carbons (Fsp3) is 0.733. The van der Waals surface area contributed by atoms with Crippen LogP contribution in [0.1, 0.15) is 28.9 Å².